The van der Waals surface area contributed by atoms with Gasteiger partial charge in [-0.2, -0.15) is 5.26 Å². The molecule has 2 N–H and O–H groups in total. The number of nitrogens with zero attached hydrogens (tertiary/aromatic N) is 1. The van der Waals surface area contributed by atoms with E-state index in [0.717, 1.165) is 5.56 Å². The molecule has 1 aromatic carbocycles. The van der Waals surface area contributed by atoms with E-state index in [0.29, 0.717) is 24.9 Å². The van der Waals surface area contributed by atoms with E-state index in [4.69, 9.17) is 10.4 Å². The quantitative estimate of drug-likeness (QED) is 0.741. The highest BCUT2D eigenvalue weighted by Crippen LogP contribution is 2.04. The van der Waals surface area contributed by atoms with Crippen molar-refractivity contribution in [1.82, 2.24) is 5.32 Å². The van der Waals surface area contributed by atoms with E-state index in [1.807, 2.05) is 6.07 Å². The Morgan fingerprint density at radius 3 is 2.50 bits per heavy atom. The van der Waals surface area contributed by atoms with Gasteiger partial charge in [0, 0.05) is 18.5 Å². The number of benzene rings is 1. The molecular formula is C13H14N2O3. The van der Waals surface area contributed by atoms with Crippen LogP contribution in [0.2, 0.25) is 0 Å². The van der Waals surface area contributed by atoms with Crippen molar-refractivity contribution in [2.24, 2.45) is 0 Å². The first-order valence-electron chi connectivity index (χ1n) is 5.59. The van der Waals surface area contributed by atoms with Gasteiger partial charge in [-0.05, 0) is 24.1 Å². The topological polar surface area (TPSA) is 90.2 Å². The number of nitriles is 1. The molecule has 18 heavy (non-hydrogen) atoms. The zero-order valence-electron chi connectivity index (χ0n) is 9.85. The number of carboxylic acids is 1. The van der Waals surface area contributed by atoms with Gasteiger partial charge in [0.1, 0.15) is 0 Å². The Labute approximate surface area is 105 Å². The van der Waals surface area contributed by atoms with Crippen molar-refractivity contribution in [3.8, 4) is 6.07 Å². The fourth-order valence-corrected chi connectivity index (χ4v) is 1.41. The second kappa shape index (κ2) is 7.07. The van der Waals surface area contributed by atoms with E-state index >= 15 is 0 Å². The van der Waals surface area contributed by atoms with Gasteiger partial charge in [-0.3, -0.25) is 9.59 Å². The number of carbonyl (C=O) groups excluding carboxylic acids is 1. The summed E-state index contributed by atoms with van der Waals surface area (Å²) in [6.07, 6.45) is 0.773. The second-order valence-corrected chi connectivity index (χ2v) is 3.79. The smallest absolute Gasteiger partial charge is 0.303 e. The van der Waals surface area contributed by atoms with E-state index < -0.39 is 5.97 Å². The molecule has 0 aromatic heterocycles. The monoisotopic (exact) mass is 246 g/mol. The van der Waals surface area contributed by atoms with Crippen LogP contribution < -0.4 is 5.32 Å². The molecule has 0 spiro atoms. The van der Waals surface area contributed by atoms with E-state index in [2.05, 4.69) is 5.32 Å². The maximum absolute atomic E-state index is 11.6. The molecule has 5 heteroatoms. The van der Waals surface area contributed by atoms with Crippen LogP contribution >= 0.6 is 0 Å². The minimum atomic E-state index is -0.870. The second-order valence-electron chi connectivity index (χ2n) is 3.79. The molecule has 0 heterocycles. The summed E-state index contributed by atoms with van der Waals surface area (Å²) >= 11 is 0. The minimum absolute atomic E-state index is 0.0430. The SMILES string of the molecule is N#CCc1ccc(C(=O)NCCCC(=O)O)cc1. The maximum Gasteiger partial charge on any atom is 0.303 e. The Morgan fingerprint density at radius 1 is 1.28 bits per heavy atom. The molecule has 1 aromatic rings. The van der Waals surface area contributed by atoms with E-state index in [1.54, 1.807) is 24.3 Å². The largest absolute Gasteiger partial charge is 0.481 e. The molecule has 0 saturated heterocycles. The first-order chi connectivity index (χ1) is 8.63. The molecular weight excluding hydrogens is 232 g/mol. The average Bonchev–Trinajstić information content (AvgIpc) is 2.35. The number of aliphatic carboxylic acids is 1. The van der Waals surface area contributed by atoms with Gasteiger partial charge >= 0.3 is 5.97 Å². The third kappa shape index (κ3) is 4.66. The lowest BCUT2D eigenvalue weighted by Gasteiger charge is -2.04. The van der Waals surface area contributed by atoms with Crippen LogP contribution in [0, 0.1) is 11.3 Å². The number of hydrogen-bond acceptors (Lipinski definition) is 3. The lowest BCUT2D eigenvalue weighted by atomic mass is 10.1. The average molecular weight is 246 g/mol. The summed E-state index contributed by atoms with van der Waals surface area (Å²) in [5.41, 5.74) is 1.37. The Morgan fingerprint density at radius 2 is 1.94 bits per heavy atom. The van der Waals surface area contributed by atoms with Crippen LogP contribution in [0.25, 0.3) is 0 Å². The summed E-state index contributed by atoms with van der Waals surface area (Å²) in [5.74, 6) is -1.10. The van der Waals surface area contributed by atoms with E-state index in [-0.39, 0.29) is 12.3 Å². The molecule has 0 saturated carbocycles. The third-order valence-electron chi connectivity index (χ3n) is 2.35. The Hall–Kier alpha value is -2.35. The van der Waals surface area contributed by atoms with Gasteiger partial charge < -0.3 is 10.4 Å². The van der Waals surface area contributed by atoms with Gasteiger partial charge in [0.15, 0.2) is 0 Å². The maximum atomic E-state index is 11.6. The predicted octanol–water partition coefficient (Wildman–Crippen LogP) is 1.35. The van der Waals surface area contributed by atoms with Crippen molar-refractivity contribution in [1.29, 1.82) is 5.26 Å². The van der Waals surface area contributed by atoms with Crippen LogP contribution in [0.1, 0.15) is 28.8 Å². The first kappa shape index (κ1) is 13.7. The van der Waals surface area contributed by atoms with Crippen molar-refractivity contribution >= 4 is 11.9 Å². The van der Waals surface area contributed by atoms with Crippen LogP contribution in [0.15, 0.2) is 24.3 Å². The highest BCUT2D eigenvalue weighted by Gasteiger charge is 2.05. The number of hydrogen-bond donors (Lipinski definition) is 2. The lowest BCUT2D eigenvalue weighted by Crippen LogP contribution is -2.24. The van der Waals surface area contributed by atoms with Crippen molar-refractivity contribution in [3.63, 3.8) is 0 Å². The Kier molecular flexibility index (Phi) is 5.39. The molecule has 0 atom stereocenters. The Balaban J connectivity index is 2.42. The minimum Gasteiger partial charge on any atom is -0.481 e. The molecule has 0 bridgehead atoms. The van der Waals surface area contributed by atoms with Gasteiger partial charge in [0.25, 0.3) is 5.91 Å². The Bertz CT molecular complexity index is 460. The van der Waals surface area contributed by atoms with Crippen LogP contribution in [0.5, 0.6) is 0 Å². The number of amides is 1. The molecule has 1 rings (SSSR count). The predicted molar refractivity (Wildman–Crippen MR) is 65.0 cm³/mol. The summed E-state index contributed by atoms with van der Waals surface area (Å²) in [5, 5.41) is 19.6. The van der Waals surface area contributed by atoms with Crippen LogP contribution in [-0.2, 0) is 11.2 Å². The highest BCUT2D eigenvalue weighted by molar-refractivity contribution is 5.94. The normalized spacial score (nSPS) is 9.50. The summed E-state index contributed by atoms with van der Waals surface area (Å²) in [4.78, 5) is 21.9. The van der Waals surface area contributed by atoms with Crippen LogP contribution in [-0.4, -0.2) is 23.5 Å². The van der Waals surface area contributed by atoms with Gasteiger partial charge in [-0.1, -0.05) is 12.1 Å². The zero-order chi connectivity index (χ0) is 13.4. The molecule has 0 aliphatic carbocycles. The molecule has 0 radical (unpaired) electrons. The molecule has 1 amide bonds. The molecule has 5 nitrogen and oxygen atoms in total. The van der Waals surface area contributed by atoms with E-state index in [9.17, 15) is 9.59 Å². The number of nitrogens with one attached hydrogen (secondary N) is 1. The van der Waals surface area contributed by atoms with Crippen molar-refractivity contribution < 1.29 is 14.7 Å². The van der Waals surface area contributed by atoms with Crippen LogP contribution in [0.3, 0.4) is 0 Å². The van der Waals surface area contributed by atoms with Gasteiger partial charge in [-0.25, -0.2) is 0 Å². The van der Waals surface area contributed by atoms with Gasteiger partial charge in [0.2, 0.25) is 0 Å². The molecule has 0 fully saturated rings. The fraction of sp³-hybridized carbons (Fsp3) is 0.308. The number of rotatable bonds is 6. The highest BCUT2D eigenvalue weighted by atomic mass is 16.4. The zero-order valence-corrected chi connectivity index (χ0v) is 9.85. The third-order valence-corrected chi connectivity index (χ3v) is 2.35. The summed E-state index contributed by atoms with van der Waals surface area (Å²) < 4.78 is 0. The van der Waals surface area contributed by atoms with Crippen molar-refractivity contribution in [2.45, 2.75) is 19.3 Å². The van der Waals surface area contributed by atoms with E-state index in [1.165, 1.54) is 0 Å². The number of carboxylic acid groups (broad SMARTS) is 1. The van der Waals surface area contributed by atoms with Crippen molar-refractivity contribution in [3.05, 3.63) is 35.4 Å². The van der Waals surface area contributed by atoms with Crippen molar-refractivity contribution in [2.75, 3.05) is 6.54 Å². The first-order valence-corrected chi connectivity index (χ1v) is 5.59. The summed E-state index contributed by atoms with van der Waals surface area (Å²) in [6, 6.07) is 8.80. The summed E-state index contributed by atoms with van der Waals surface area (Å²) in [6.45, 7) is 0.338. The molecule has 0 unspecified atom stereocenters. The summed E-state index contributed by atoms with van der Waals surface area (Å²) in [7, 11) is 0. The standard InChI is InChI=1S/C13H14N2O3/c14-8-7-10-3-5-11(6-4-10)13(18)15-9-1-2-12(16)17/h3-6H,1-2,7,9H2,(H,15,18)(H,16,17). The van der Waals surface area contributed by atoms with Gasteiger partial charge in [0.05, 0.1) is 12.5 Å². The lowest BCUT2D eigenvalue weighted by molar-refractivity contribution is -0.137. The molecule has 0 aliphatic heterocycles. The van der Waals surface area contributed by atoms with Crippen LogP contribution in [0.4, 0.5) is 0 Å². The molecule has 94 valence electrons. The van der Waals surface area contributed by atoms with Gasteiger partial charge in [-0.15, -0.1) is 0 Å². The molecule has 0 aliphatic rings. The number of carbonyl (C=O) groups is 2. The fourth-order valence-electron chi connectivity index (χ4n) is 1.41.